The van der Waals surface area contributed by atoms with Crippen LogP contribution in [0.4, 0.5) is 0 Å². The predicted molar refractivity (Wildman–Crippen MR) is 88.2 cm³/mol. The van der Waals surface area contributed by atoms with Gasteiger partial charge in [0.05, 0.1) is 29.9 Å². The predicted octanol–water partition coefficient (Wildman–Crippen LogP) is 1.92. The molecule has 1 N–H and O–H groups in total. The molecule has 1 atom stereocenters. The van der Waals surface area contributed by atoms with Crippen molar-refractivity contribution in [1.29, 1.82) is 0 Å². The van der Waals surface area contributed by atoms with E-state index in [9.17, 15) is 13.2 Å². The first-order valence-electron chi connectivity index (χ1n) is 7.89. The van der Waals surface area contributed by atoms with Gasteiger partial charge in [0, 0.05) is 5.39 Å². The van der Waals surface area contributed by atoms with E-state index in [1.54, 1.807) is 17.8 Å². The first-order valence-corrected chi connectivity index (χ1v) is 9.55. The maximum atomic E-state index is 12.2. The van der Waals surface area contributed by atoms with Crippen LogP contribution in [0.1, 0.15) is 26.2 Å². The van der Waals surface area contributed by atoms with E-state index in [0.29, 0.717) is 6.54 Å². The second-order valence-corrected chi connectivity index (χ2v) is 8.10. The van der Waals surface area contributed by atoms with E-state index in [4.69, 9.17) is 0 Å². The molecular weight excluding hydrogens is 314 g/mol. The molecular formula is C16H21N3O3S. The number of hydrogen-bond donors (Lipinski definition) is 1. The van der Waals surface area contributed by atoms with Crippen molar-refractivity contribution in [3.8, 4) is 0 Å². The zero-order chi connectivity index (χ0) is 16.4. The van der Waals surface area contributed by atoms with E-state index in [2.05, 4.69) is 9.82 Å². The van der Waals surface area contributed by atoms with Crippen LogP contribution in [0.2, 0.25) is 0 Å². The normalized spacial score (nSPS) is 16.9. The quantitative estimate of drug-likeness (QED) is 0.874. The number of nitrogens with one attached hydrogen (secondary N) is 1. The van der Waals surface area contributed by atoms with Crippen LogP contribution in [0.15, 0.2) is 30.5 Å². The summed E-state index contributed by atoms with van der Waals surface area (Å²) in [6, 6.07) is 7.72. The molecule has 1 aromatic carbocycles. The lowest BCUT2D eigenvalue weighted by molar-refractivity contribution is -0.123. The Morgan fingerprint density at radius 1 is 1.39 bits per heavy atom. The molecule has 0 aliphatic heterocycles. The van der Waals surface area contributed by atoms with Crippen molar-refractivity contribution in [2.24, 2.45) is 11.8 Å². The number of hydrogen-bond acceptors (Lipinski definition) is 4. The van der Waals surface area contributed by atoms with E-state index in [1.807, 2.05) is 24.3 Å². The lowest BCUT2D eigenvalue weighted by Crippen LogP contribution is -2.40. The Balaban J connectivity index is 1.63. The van der Waals surface area contributed by atoms with Gasteiger partial charge in [0.25, 0.3) is 0 Å². The average Bonchev–Trinajstić information content (AvgIpc) is 2.86. The summed E-state index contributed by atoms with van der Waals surface area (Å²) in [6.45, 7) is 2.06. The minimum atomic E-state index is -3.54. The number of sulfonamides is 1. The fourth-order valence-electron chi connectivity index (χ4n) is 2.78. The highest BCUT2D eigenvalue weighted by Crippen LogP contribution is 2.27. The minimum Gasteiger partial charge on any atom is -0.274 e. The van der Waals surface area contributed by atoms with Gasteiger partial charge in [-0.2, -0.15) is 5.10 Å². The number of amides is 1. The monoisotopic (exact) mass is 335 g/mol. The molecule has 1 unspecified atom stereocenters. The summed E-state index contributed by atoms with van der Waals surface area (Å²) in [7, 11) is -3.54. The molecule has 2 aromatic rings. The second kappa shape index (κ2) is 6.31. The zero-order valence-electron chi connectivity index (χ0n) is 13.1. The van der Waals surface area contributed by atoms with Crippen LogP contribution in [-0.4, -0.2) is 29.9 Å². The summed E-state index contributed by atoms with van der Waals surface area (Å²) >= 11 is 0. The Bertz CT molecular complexity index is 809. The van der Waals surface area contributed by atoms with Gasteiger partial charge in [-0.1, -0.05) is 31.5 Å². The van der Waals surface area contributed by atoms with Gasteiger partial charge in [-0.3, -0.25) is 14.2 Å². The zero-order valence-corrected chi connectivity index (χ0v) is 13.9. The molecule has 1 aliphatic rings. The molecule has 124 valence electrons. The number of nitrogens with zero attached hydrogens (tertiary/aromatic N) is 2. The molecule has 3 rings (SSSR count). The number of aromatic nitrogens is 2. The van der Waals surface area contributed by atoms with Crippen molar-refractivity contribution in [2.75, 3.05) is 5.75 Å². The number of fused-ring (bicyclic) bond motifs is 1. The molecule has 6 nitrogen and oxygen atoms in total. The highest BCUT2D eigenvalue weighted by atomic mass is 32.2. The van der Waals surface area contributed by atoms with Crippen molar-refractivity contribution in [2.45, 2.75) is 32.7 Å². The molecule has 1 aromatic heterocycles. The van der Waals surface area contributed by atoms with Crippen molar-refractivity contribution in [3.63, 3.8) is 0 Å². The van der Waals surface area contributed by atoms with Crippen molar-refractivity contribution in [3.05, 3.63) is 30.5 Å². The minimum absolute atomic E-state index is 0.0517. The van der Waals surface area contributed by atoms with Crippen molar-refractivity contribution >= 4 is 26.8 Å². The molecule has 1 saturated carbocycles. The second-order valence-electron chi connectivity index (χ2n) is 6.33. The van der Waals surface area contributed by atoms with Gasteiger partial charge in [0.1, 0.15) is 0 Å². The summed E-state index contributed by atoms with van der Waals surface area (Å²) < 4.78 is 28.0. The number of benzene rings is 1. The molecule has 0 saturated heterocycles. The van der Waals surface area contributed by atoms with Gasteiger partial charge < -0.3 is 0 Å². The topological polar surface area (TPSA) is 81.1 Å². The van der Waals surface area contributed by atoms with E-state index in [0.717, 1.165) is 30.2 Å². The SMILES string of the molecule is CC(Cn1ncc2ccccc21)C(=O)NS(=O)(=O)CC1CCC1. The lowest BCUT2D eigenvalue weighted by Gasteiger charge is -2.25. The van der Waals surface area contributed by atoms with Crippen LogP contribution in [0.3, 0.4) is 0 Å². The molecule has 1 fully saturated rings. The van der Waals surface area contributed by atoms with Crippen LogP contribution in [0, 0.1) is 11.8 Å². The van der Waals surface area contributed by atoms with Crippen molar-refractivity contribution < 1.29 is 13.2 Å². The highest BCUT2D eigenvalue weighted by Gasteiger charge is 2.27. The average molecular weight is 335 g/mol. The number of carbonyl (C=O) groups excluding carboxylic acids is 1. The van der Waals surface area contributed by atoms with E-state index in [-0.39, 0.29) is 11.7 Å². The van der Waals surface area contributed by atoms with E-state index in [1.165, 1.54) is 0 Å². The Morgan fingerprint density at radius 2 is 2.13 bits per heavy atom. The third-order valence-corrected chi connectivity index (χ3v) is 5.80. The number of para-hydroxylation sites is 1. The molecule has 1 heterocycles. The smallest absolute Gasteiger partial charge is 0.238 e. The number of carbonyl (C=O) groups is 1. The summed E-state index contributed by atoms with van der Waals surface area (Å²) in [4.78, 5) is 12.2. The summed E-state index contributed by atoms with van der Waals surface area (Å²) in [6.07, 6.45) is 4.69. The maximum Gasteiger partial charge on any atom is 0.238 e. The standard InChI is InChI=1S/C16H21N3O3S/c1-12(10-19-15-8-3-2-7-14(15)9-17-19)16(20)18-23(21,22)11-13-5-4-6-13/h2-3,7-9,12-13H,4-6,10-11H2,1H3,(H,18,20). The van der Waals surface area contributed by atoms with Gasteiger partial charge in [-0.25, -0.2) is 8.42 Å². The Labute approximate surface area is 135 Å². The number of rotatable bonds is 6. The molecule has 0 radical (unpaired) electrons. The van der Waals surface area contributed by atoms with Crippen LogP contribution in [0.5, 0.6) is 0 Å². The fourth-order valence-corrected chi connectivity index (χ4v) is 4.32. The molecule has 23 heavy (non-hydrogen) atoms. The van der Waals surface area contributed by atoms with Gasteiger partial charge in [0.15, 0.2) is 0 Å². The Kier molecular flexibility index (Phi) is 4.39. The Hall–Kier alpha value is -1.89. The summed E-state index contributed by atoms with van der Waals surface area (Å²) in [5.41, 5.74) is 0.935. The van der Waals surface area contributed by atoms with Gasteiger partial charge in [-0.15, -0.1) is 0 Å². The van der Waals surface area contributed by atoms with Crippen LogP contribution >= 0.6 is 0 Å². The van der Waals surface area contributed by atoms with Crippen molar-refractivity contribution in [1.82, 2.24) is 14.5 Å². The molecule has 1 aliphatic carbocycles. The largest absolute Gasteiger partial charge is 0.274 e. The Morgan fingerprint density at radius 3 is 2.83 bits per heavy atom. The third kappa shape index (κ3) is 3.72. The summed E-state index contributed by atoms with van der Waals surface area (Å²) in [5, 5.41) is 5.27. The molecule has 0 spiro atoms. The van der Waals surface area contributed by atoms with Gasteiger partial charge in [0.2, 0.25) is 15.9 Å². The molecule has 0 bridgehead atoms. The van der Waals surface area contributed by atoms with E-state index < -0.39 is 21.8 Å². The van der Waals surface area contributed by atoms with Crippen LogP contribution < -0.4 is 4.72 Å². The lowest BCUT2D eigenvalue weighted by atomic mass is 9.87. The maximum absolute atomic E-state index is 12.2. The fraction of sp³-hybridized carbons (Fsp3) is 0.500. The van der Waals surface area contributed by atoms with Crippen LogP contribution in [0.25, 0.3) is 10.9 Å². The molecule has 7 heteroatoms. The van der Waals surface area contributed by atoms with Gasteiger partial charge >= 0.3 is 0 Å². The third-order valence-electron chi connectivity index (χ3n) is 4.38. The first kappa shape index (κ1) is 16.0. The van der Waals surface area contributed by atoms with E-state index >= 15 is 0 Å². The first-order chi connectivity index (χ1) is 10.9. The highest BCUT2D eigenvalue weighted by molar-refractivity contribution is 7.90. The molecule has 1 amide bonds. The van der Waals surface area contributed by atoms with Crippen LogP contribution in [-0.2, 0) is 21.4 Å². The summed E-state index contributed by atoms with van der Waals surface area (Å²) in [5.74, 6) is -0.695. The van der Waals surface area contributed by atoms with Gasteiger partial charge in [-0.05, 0) is 24.8 Å².